The average molecular weight is 408 g/mol. The second kappa shape index (κ2) is 9.18. The van der Waals surface area contributed by atoms with Gasteiger partial charge in [-0.1, -0.05) is 23.9 Å². The first-order valence-corrected chi connectivity index (χ1v) is 10.6. The molecular formula is C23H27N4OS+. The number of para-hydroxylation sites is 1. The summed E-state index contributed by atoms with van der Waals surface area (Å²) >= 11 is 1.35. The fourth-order valence-corrected chi connectivity index (χ4v) is 3.87. The number of aryl methyl sites for hydroxylation is 3. The van der Waals surface area contributed by atoms with Gasteiger partial charge in [-0.2, -0.15) is 4.57 Å². The van der Waals surface area contributed by atoms with E-state index in [2.05, 4.69) is 57.8 Å². The molecule has 0 unspecified atom stereocenters. The first-order chi connectivity index (χ1) is 13.9. The number of azo groups is 1. The van der Waals surface area contributed by atoms with E-state index in [9.17, 15) is 4.79 Å². The van der Waals surface area contributed by atoms with E-state index >= 15 is 0 Å². The Bertz CT molecular complexity index is 1050. The van der Waals surface area contributed by atoms with Crippen LogP contribution in [0.5, 0.6) is 0 Å². The van der Waals surface area contributed by atoms with Crippen LogP contribution in [0, 0.1) is 13.8 Å². The zero-order valence-corrected chi connectivity index (χ0v) is 18.5. The third-order valence-electron chi connectivity index (χ3n) is 4.79. The Hall–Kier alpha value is -2.73. The number of carbonyl (C=O) groups excluding carboxylic acids is 1. The molecule has 29 heavy (non-hydrogen) atoms. The molecule has 0 saturated carbocycles. The van der Waals surface area contributed by atoms with Crippen LogP contribution in [-0.2, 0) is 11.3 Å². The van der Waals surface area contributed by atoms with E-state index in [1.807, 2.05) is 38.5 Å². The maximum Gasteiger partial charge on any atom is 0.214 e. The van der Waals surface area contributed by atoms with Crippen molar-refractivity contribution in [2.75, 3.05) is 24.7 Å². The lowest BCUT2D eigenvalue weighted by molar-refractivity contribution is -0.666. The van der Waals surface area contributed by atoms with E-state index in [-0.39, 0.29) is 5.12 Å². The van der Waals surface area contributed by atoms with Gasteiger partial charge in [0, 0.05) is 38.8 Å². The van der Waals surface area contributed by atoms with Crippen LogP contribution < -0.4 is 9.47 Å². The molecule has 0 aliphatic heterocycles. The van der Waals surface area contributed by atoms with Crippen molar-refractivity contribution in [3.8, 4) is 0 Å². The molecule has 1 aromatic heterocycles. The Labute approximate surface area is 176 Å². The molecule has 5 nitrogen and oxygen atoms in total. The molecule has 0 N–H and O–H groups in total. The molecule has 0 spiro atoms. The number of thioether (sulfide) groups is 1. The molecule has 0 amide bonds. The number of pyridine rings is 1. The fraction of sp³-hybridized carbons (Fsp3) is 0.304. The van der Waals surface area contributed by atoms with Gasteiger partial charge < -0.3 is 4.90 Å². The zero-order valence-electron chi connectivity index (χ0n) is 17.6. The molecule has 0 aliphatic rings. The maximum absolute atomic E-state index is 11.2. The number of carbonyl (C=O) groups is 1. The van der Waals surface area contributed by atoms with Crippen LogP contribution in [0.2, 0.25) is 0 Å². The number of rotatable bonds is 6. The predicted molar refractivity (Wildman–Crippen MR) is 122 cm³/mol. The van der Waals surface area contributed by atoms with E-state index in [1.165, 1.54) is 11.8 Å². The molecular weight excluding hydrogens is 380 g/mol. The zero-order chi connectivity index (χ0) is 21.0. The van der Waals surface area contributed by atoms with E-state index in [4.69, 9.17) is 0 Å². The van der Waals surface area contributed by atoms with Crippen LogP contribution in [0.1, 0.15) is 18.1 Å². The molecule has 0 aliphatic carbocycles. The normalized spacial score (nSPS) is 11.3. The van der Waals surface area contributed by atoms with Crippen molar-refractivity contribution in [2.45, 2.75) is 27.3 Å². The Morgan fingerprint density at radius 1 is 1.07 bits per heavy atom. The lowest BCUT2D eigenvalue weighted by Crippen LogP contribution is -2.35. The summed E-state index contributed by atoms with van der Waals surface area (Å²) in [5.41, 5.74) is 6.21. The molecule has 0 radical (unpaired) electrons. The SMILES string of the molecule is CC(=O)SCC[n+]1ccc(N=Nc2c(C)cc(N(C)C)cc2C)c2ccccc21. The van der Waals surface area contributed by atoms with Crippen molar-refractivity contribution in [3.05, 3.63) is 59.8 Å². The minimum atomic E-state index is 0.145. The van der Waals surface area contributed by atoms with Gasteiger partial charge in [-0.05, 0) is 43.2 Å². The van der Waals surface area contributed by atoms with E-state index in [0.717, 1.165) is 51.4 Å². The molecule has 6 heteroatoms. The third kappa shape index (κ3) is 5.01. The molecule has 0 bridgehead atoms. The minimum absolute atomic E-state index is 0.145. The topological polar surface area (TPSA) is 48.9 Å². The van der Waals surface area contributed by atoms with Crippen molar-refractivity contribution in [2.24, 2.45) is 10.2 Å². The molecule has 3 aromatic rings. The summed E-state index contributed by atoms with van der Waals surface area (Å²) in [5, 5.41) is 10.4. The summed E-state index contributed by atoms with van der Waals surface area (Å²) in [7, 11) is 4.07. The van der Waals surface area contributed by atoms with Crippen molar-refractivity contribution in [1.29, 1.82) is 0 Å². The Morgan fingerprint density at radius 2 is 1.76 bits per heavy atom. The molecule has 1 heterocycles. The Kier molecular flexibility index (Phi) is 6.64. The van der Waals surface area contributed by atoms with Crippen molar-refractivity contribution in [1.82, 2.24) is 0 Å². The molecule has 0 atom stereocenters. The van der Waals surface area contributed by atoms with Gasteiger partial charge in [0.15, 0.2) is 17.9 Å². The third-order valence-corrected chi connectivity index (χ3v) is 5.58. The van der Waals surface area contributed by atoms with Gasteiger partial charge in [0.1, 0.15) is 5.69 Å². The molecule has 0 saturated heterocycles. The Morgan fingerprint density at radius 3 is 2.41 bits per heavy atom. The highest BCUT2D eigenvalue weighted by atomic mass is 32.2. The highest BCUT2D eigenvalue weighted by Gasteiger charge is 2.13. The lowest BCUT2D eigenvalue weighted by atomic mass is 10.1. The summed E-state index contributed by atoms with van der Waals surface area (Å²) in [6, 6.07) is 14.4. The first kappa shape index (κ1) is 21.0. The van der Waals surface area contributed by atoms with Crippen LogP contribution in [0.3, 0.4) is 0 Å². The summed E-state index contributed by atoms with van der Waals surface area (Å²) in [5.74, 6) is 0.751. The van der Waals surface area contributed by atoms with Crippen LogP contribution in [0.4, 0.5) is 17.1 Å². The first-order valence-electron chi connectivity index (χ1n) is 9.61. The highest BCUT2D eigenvalue weighted by molar-refractivity contribution is 8.13. The van der Waals surface area contributed by atoms with Crippen molar-refractivity contribution >= 4 is 44.8 Å². The lowest BCUT2D eigenvalue weighted by Gasteiger charge is -2.15. The van der Waals surface area contributed by atoms with Gasteiger partial charge >= 0.3 is 0 Å². The second-order valence-electron chi connectivity index (χ2n) is 7.27. The number of hydrogen-bond acceptors (Lipinski definition) is 5. The molecule has 0 fully saturated rings. The fourth-order valence-electron chi connectivity index (χ4n) is 3.29. The quantitative estimate of drug-likeness (QED) is 0.400. The number of nitrogens with zero attached hydrogens (tertiary/aromatic N) is 4. The van der Waals surface area contributed by atoms with E-state index < -0.39 is 0 Å². The smallest absolute Gasteiger partial charge is 0.214 e. The summed E-state index contributed by atoms with van der Waals surface area (Å²) in [4.78, 5) is 13.3. The van der Waals surface area contributed by atoms with Crippen LogP contribution in [0.25, 0.3) is 10.9 Å². The van der Waals surface area contributed by atoms with Gasteiger partial charge in [-0.3, -0.25) is 4.79 Å². The summed E-state index contributed by atoms with van der Waals surface area (Å²) < 4.78 is 2.16. The van der Waals surface area contributed by atoms with Gasteiger partial charge in [-0.25, -0.2) is 0 Å². The molecule has 3 rings (SSSR count). The van der Waals surface area contributed by atoms with E-state index in [0.29, 0.717) is 0 Å². The Balaban J connectivity index is 1.94. The standard InChI is InChI=1S/C23H27N4OS/c1-16-14-19(26(4)5)15-17(2)23(16)25-24-21-10-11-27(12-13-29-18(3)28)22-9-7-6-8-20(21)22/h6-11,14-15H,12-13H2,1-5H3/q+1. The van der Waals surface area contributed by atoms with Gasteiger partial charge in [0.25, 0.3) is 0 Å². The van der Waals surface area contributed by atoms with Crippen LogP contribution >= 0.6 is 11.8 Å². The largest absolute Gasteiger partial charge is 0.378 e. The number of anilines is 1. The van der Waals surface area contributed by atoms with Gasteiger partial charge in [0.2, 0.25) is 5.52 Å². The number of aromatic nitrogens is 1. The van der Waals surface area contributed by atoms with Crippen LogP contribution in [-0.4, -0.2) is 25.0 Å². The van der Waals surface area contributed by atoms with Crippen molar-refractivity contribution < 1.29 is 9.36 Å². The predicted octanol–water partition coefficient (Wildman–Crippen LogP) is 5.51. The van der Waals surface area contributed by atoms with Gasteiger partial charge in [-0.15, -0.1) is 10.2 Å². The molecule has 150 valence electrons. The minimum Gasteiger partial charge on any atom is -0.378 e. The summed E-state index contributed by atoms with van der Waals surface area (Å²) in [6.45, 7) is 6.51. The number of benzene rings is 2. The molecule has 2 aromatic carbocycles. The summed E-state index contributed by atoms with van der Waals surface area (Å²) in [6.07, 6.45) is 2.02. The number of hydrogen-bond donors (Lipinski definition) is 0. The second-order valence-corrected chi connectivity index (χ2v) is 8.55. The van der Waals surface area contributed by atoms with Crippen molar-refractivity contribution in [3.63, 3.8) is 0 Å². The van der Waals surface area contributed by atoms with Gasteiger partial charge in [0.05, 0.1) is 16.8 Å². The van der Waals surface area contributed by atoms with E-state index in [1.54, 1.807) is 6.92 Å². The monoisotopic (exact) mass is 407 g/mol. The highest BCUT2D eigenvalue weighted by Crippen LogP contribution is 2.31. The number of fused-ring (bicyclic) bond motifs is 1. The average Bonchev–Trinajstić information content (AvgIpc) is 2.68. The maximum atomic E-state index is 11.2. The van der Waals surface area contributed by atoms with Crippen LogP contribution in [0.15, 0.2) is 58.9 Å².